The molecule has 0 heterocycles. The van der Waals surface area contributed by atoms with Crippen molar-refractivity contribution in [3.63, 3.8) is 0 Å². The van der Waals surface area contributed by atoms with Crippen molar-refractivity contribution < 1.29 is 28.7 Å². The van der Waals surface area contributed by atoms with Crippen LogP contribution in [-0.2, 0) is 23.9 Å². The molecule has 296 valence electrons. The van der Waals surface area contributed by atoms with Gasteiger partial charge in [0.05, 0.1) is 6.54 Å². The fraction of sp³-hybridized carbons (Fsp3) is 0.929. The second-order valence-electron chi connectivity index (χ2n) is 15.4. The lowest BCUT2D eigenvalue weighted by atomic mass is 10.0. The van der Waals surface area contributed by atoms with Gasteiger partial charge in [-0.25, -0.2) is 4.79 Å². The first-order valence-corrected chi connectivity index (χ1v) is 21.2. The average Bonchev–Trinajstić information content (AvgIpc) is 3.05. The zero-order valence-corrected chi connectivity index (χ0v) is 33.9. The maximum atomic E-state index is 12.7. The summed E-state index contributed by atoms with van der Waals surface area (Å²) in [6.45, 7) is 13.6. The molecule has 0 rings (SSSR count). The van der Waals surface area contributed by atoms with Crippen molar-refractivity contribution in [2.75, 3.05) is 19.6 Å². The zero-order valence-electron chi connectivity index (χ0n) is 33.9. The predicted octanol–water partition coefficient (Wildman–Crippen LogP) is 12.2. The number of nitrogens with one attached hydrogen (secondary N) is 1. The smallest absolute Gasteiger partial charge is 0.407 e. The number of carbonyl (C=O) groups excluding carboxylic acids is 3. The average molecular weight is 711 g/mol. The van der Waals surface area contributed by atoms with Gasteiger partial charge in [0.1, 0.15) is 11.7 Å². The lowest BCUT2D eigenvalue weighted by Gasteiger charge is -2.23. The van der Waals surface area contributed by atoms with Crippen LogP contribution in [-0.4, -0.2) is 54.4 Å². The molecule has 0 saturated heterocycles. The third kappa shape index (κ3) is 34.6. The molecule has 0 aliphatic heterocycles. The summed E-state index contributed by atoms with van der Waals surface area (Å²) in [7, 11) is 0. The van der Waals surface area contributed by atoms with Crippen molar-refractivity contribution in [3.8, 4) is 0 Å². The molecule has 0 fully saturated rings. The van der Waals surface area contributed by atoms with Crippen molar-refractivity contribution >= 4 is 18.0 Å². The molecule has 0 atom stereocenters. The predicted molar refractivity (Wildman–Crippen MR) is 208 cm³/mol. The number of nitrogens with zero attached hydrogens (tertiary/aromatic N) is 1. The van der Waals surface area contributed by atoms with E-state index in [1.807, 2.05) is 20.8 Å². The number of rotatable bonds is 35. The molecule has 0 aromatic carbocycles. The minimum Gasteiger partial charge on any atom is -0.462 e. The van der Waals surface area contributed by atoms with E-state index in [2.05, 4.69) is 26.1 Å². The van der Waals surface area contributed by atoms with Gasteiger partial charge in [-0.15, -0.1) is 5.06 Å². The molecule has 0 unspecified atom stereocenters. The van der Waals surface area contributed by atoms with E-state index in [1.54, 1.807) is 5.06 Å². The number of hydrogen-bond donors (Lipinski definition) is 1. The van der Waals surface area contributed by atoms with Crippen LogP contribution in [0.15, 0.2) is 0 Å². The Kier molecular flexibility index (Phi) is 33.0. The van der Waals surface area contributed by atoms with Gasteiger partial charge in [0.15, 0.2) is 0 Å². The van der Waals surface area contributed by atoms with Gasteiger partial charge in [0.25, 0.3) is 0 Å². The number of hydrogen-bond acceptors (Lipinski definition) is 7. The molecule has 0 aliphatic carbocycles. The highest BCUT2D eigenvalue weighted by atomic mass is 16.7. The highest BCUT2D eigenvalue weighted by Crippen LogP contribution is 2.18. The van der Waals surface area contributed by atoms with Crippen molar-refractivity contribution in [3.05, 3.63) is 0 Å². The zero-order chi connectivity index (χ0) is 37.1. The molecule has 0 aliphatic rings. The third-order valence-corrected chi connectivity index (χ3v) is 9.09. The summed E-state index contributed by atoms with van der Waals surface area (Å²) in [5.74, 6) is -0.246. The van der Waals surface area contributed by atoms with E-state index in [0.29, 0.717) is 32.5 Å². The Labute approximate surface area is 309 Å². The van der Waals surface area contributed by atoms with Crippen molar-refractivity contribution in [1.29, 1.82) is 0 Å². The fourth-order valence-electron chi connectivity index (χ4n) is 6.12. The summed E-state index contributed by atoms with van der Waals surface area (Å²) >= 11 is 0. The van der Waals surface area contributed by atoms with Crippen LogP contribution in [0.1, 0.15) is 221 Å². The van der Waals surface area contributed by atoms with Crippen molar-refractivity contribution in [2.24, 2.45) is 0 Å². The molecule has 0 aromatic heterocycles. The highest BCUT2D eigenvalue weighted by molar-refractivity contribution is 5.69. The Morgan fingerprint density at radius 2 is 0.960 bits per heavy atom. The molecule has 50 heavy (non-hydrogen) atoms. The van der Waals surface area contributed by atoms with Gasteiger partial charge in [-0.1, -0.05) is 143 Å². The number of unbranched alkanes of at least 4 members (excludes halogenated alkanes) is 20. The van der Waals surface area contributed by atoms with Crippen LogP contribution in [0.2, 0.25) is 0 Å². The Hall–Kier alpha value is -1.83. The van der Waals surface area contributed by atoms with Crippen LogP contribution in [0.5, 0.6) is 0 Å². The number of ether oxygens (including phenoxy) is 2. The van der Waals surface area contributed by atoms with E-state index in [0.717, 1.165) is 77.0 Å². The fourth-order valence-corrected chi connectivity index (χ4v) is 6.12. The first-order chi connectivity index (χ1) is 24.1. The van der Waals surface area contributed by atoms with Gasteiger partial charge in [0.2, 0.25) is 0 Å². The van der Waals surface area contributed by atoms with Crippen LogP contribution < -0.4 is 5.32 Å². The van der Waals surface area contributed by atoms with E-state index < -0.39 is 11.7 Å². The second kappa shape index (κ2) is 34.3. The van der Waals surface area contributed by atoms with Gasteiger partial charge in [-0.05, 0) is 65.7 Å². The minimum atomic E-state index is -0.563. The summed E-state index contributed by atoms with van der Waals surface area (Å²) < 4.78 is 11.3. The Morgan fingerprint density at radius 1 is 0.540 bits per heavy atom. The molecule has 0 saturated carbocycles. The Morgan fingerprint density at radius 3 is 1.44 bits per heavy atom. The van der Waals surface area contributed by atoms with Gasteiger partial charge >= 0.3 is 18.0 Å². The maximum Gasteiger partial charge on any atom is 0.407 e. The van der Waals surface area contributed by atoms with Crippen LogP contribution in [0.3, 0.4) is 0 Å². The van der Waals surface area contributed by atoms with E-state index in [1.165, 1.54) is 89.9 Å². The summed E-state index contributed by atoms with van der Waals surface area (Å²) in [5.41, 5.74) is -0.563. The van der Waals surface area contributed by atoms with Gasteiger partial charge in [0, 0.05) is 25.9 Å². The minimum absolute atomic E-state index is 0.0384. The molecule has 0 radical (unpaired) electrons. The van der Waals surface area contributed by atoms with Crippen molar-refractivity contribution in [2.45, 2.75) is 233 Å². The van der Waals surface area contributed by atoms with E-state index in [4.69, 9.17) is 14.3 Å². The molecule has 1 amide bonds. The van der Waals surface area contributed by atoms with Crippen molar-refractivity contribution in [1.82, 2.24) is 10.4 Å². The topological polar surface area (TPSA) is 94.2 Å². The van der Waals surface area contributed by atoms with Crippen LogP contribution in [0.25, 0.3) is 0 Å². The summed E-state index contributed by atoms with van der Waals surface area (Å²) in [5, 5.41) is 4.45. The second-order valence-corrected chi connectivity index (χ2v) is 15.4. The summed E-state index contributed by atoms with van der Waals surface area (Å²) in [4.78, 5) is 43.1. The normalized spacial score (nSPS) is 11.7. The first kappa shape index (κ1) is 48.2. The quantitative estimate of drug-likeness (QED) is 0.0397. The maximum absolute atomic E-state index is 12.7. The standard InChI is InChI=1S/C42H82N2O6/c1-7-10-13-16-19-23-29-34-40(46)50-44(37-35-43-41(47)49-42(4,5)6)36-30-25-20-24-28-33-39(45)48-38(31-26-21-17-14-11-8-2)32-27-22-18-15-12-9-3/h38H,7-37H2,1-6H3,(H,43,47). The number of alkyl carbamates (subject to hydrolysis) is 1. The summed E-state index contributed by atoms with van der Waals surface area (Å²) in [6.07, 6.45) is 30.4. The molecular formula is C42H82N2O6. The number of hydroxylamine groups is 2. The lowest BCUT2D eigenvalue weighted by molar-refractivity contribution is -0.190. The van der Waals surface area contributed by atoms with Gasteiger partial charge < -0.3 is 19.6 Å². The van der Waals surface area contributed by atoms with Crippen LogP contribution in [0.4, 0.5) is 4.79 Å². The van der Waals surface area contributed by atoms with E-state index in [9.17, 15) is 14.4 Å². The molecule has 8 nitrogen and oxygen atoms in total. The first-order valence-electron chi connectivity index (χ1n) is 21.2. The number of amides is 1. The Balaban J connectivity index is 4.52. The summed E-state index contributed by atoms with van der Waals surface area (Å²) in [6, 6.07) is 0. The van der Waals surface area contributed by atoms with E-state index >= 15 is 0 Å². The molecule has 0 spiro atoms. The van der Waals surface area contributed by atoms with Gasteiger partial charge in [-0.2, -0.15) is 0 Å². The SMILES string of the molecule is CCCCCCCCCC(=O)ON(CCCCCCCC(=O)OC(CCCCCCCC)CCCCCCCC)CCNC(=O)OC(C)(C)C. The number of esters is 1. The number of carbonyl (C=O) groups is 3. The highest BCUT2D eigenvalue weighted by Gasteiger charge is 2.18. The van der Waals surface area contributed by atoms with Gasteiger partial charge in [-0.3, -0.25) is 9.59 Å². The Bertz CT molecular complexity index is 784. The third-order valence-electron chi connectivity index (χ3n) is 9.09. The molecule has 1 N–H and O–H groups in total. The van der Waals surface area contributed by atoms with Crippen LogP contribution >= 0.6 is 0 Å². The largest absolute Gasteiger partial charge is 0.462 e. The lowest BCUT2D eigenvalue weighted by Crippen LogP contribution is -2.39. The van der Waals surface area contributed by atoms with E-state index in [-0.39, 0.29) is 18.0 Å². The monoisotopic (exact) mass is 711 g/mol. The molecular weight excluding hydrogens is 628 g/mol. The van der Waals surface area contributed by atoms with Crippen LogP contribution in [0, 0.1) is 0 Å². The molecule has 0 bridgehead atoms. The molecule has 8 heteroatoms. The molecule has 0 aromatic rings.